The zero-order chi connectivity index (χ0) is 21.7. The van der Waals surface area contributed by atoms with Crippen LogP contribution >= 0.6 is 0 Å². The molecule has 0 aromatic heterocycles. The van der Waals surface area contributed by atoms with Gasteiger partial charge in [0.15, 0.2) is 0 Å². The lowest BCUT2D eigenvalue weighted by Crippen LogP contribution is -2.23. The Hall–Kier alpha value is -3.58. The van der Waals surface area contributed by atoms with Gasteiger partial charge in [0, 0.05) is 24.2 Å². The minimum atomic E-state index is -0.848. The quantitative estimate of drug-likeness (QED) is 0.606. The molecule has 30 heavy (non-hydrogen) atoms. The highest BCUT2D eigenvalue weighted by atomic mass is 19.1. The lowest BCUT2D eigenvalue weighted by atomic mass is 9.98. The number of amides is 1. The molecule has 0 aliphatic rings. The van der Waals surface area contributed by atoms with Gasteiger partial charge in [-0.25, -0.2) is 13.6 Å². The minimum absolute atomic E-state index is 0.0369. The third-order valence-electron chi connectivity index (χ3n) is 4.63. The molecule has 3 aromatic rings. The molecule has 0 aliphatic carbocycles. The molecule has 3 N–H and O–H groups in total. The first-order valence-electron chi connectivity index (χ1n) is 9.17. The highest BCUT2D eigenvalue weighted by molar-refractivity contribution is 5.97. The Bertz CT molecular complexity index is 1100. The summed E-state index contributed by atoms with van der Waals surface area (Å²) in [6.45, 7) is 0.273. The molecule has 7 heteroatoms. The molecular formula is C23H20F2N2O3. The number of ether oxygens (including phenoxy) is 1. The van der Waals surface area contributed by atoms with E-state index >= 15 is 0 Å². The van der Waals surface area contributed by atoms with Crippen molar-refractivity contribution >= 4 is 11.9 Å². The maximum absolute atomic E-state index is 14.6. The molecule has 0 heterocycles. The maximum Gasteiger partial charge on any atom is 0.341 e. The lowest BCUT2D eigenvalue weighted by molar-refractivity contribution is 0.0596. The molecule has 0 bridgehead atoms. The van der Waals surface area contributed by atoms with Crippen LogP contribution in [0.15, 0.2) is 60.7 Å². The van der Waals surface area contributed by atoms with Crippen LogP contribution in [0.25, 0.3) is 11.1 Å². The van der Waals surface area contributed by atoms with Crippen molar-refractivity contribution in [3.63, 3.8) is 0 Å². The molecule has 1 amide bonds. The van der Waals surface area contributed by atoms with Gasteiger partial charge in [0.25, 0.3) is 5.91 Å². The van der Waals surface area contributed by atoms with Gasteiger partial charge >= 0.3 is 5.97 Å². The molecule has 0 atom stereocenters. The van der Waals surface area contributed by atoms with E-state index in [1.807, 2.05) is 6.07 Å². The SMILES string of the molecule is COC(=O)c1c(F)cccc1-c1ccc(CNC(=O)c2cccc(CN)c2)c(F)c1. The summed E-state index contributed by atoms with van der Waals surface area (Å²) in [6, 6.07) is 15.2. The van der Waals surface area contributed by atoms with Crippen LogP contribution in [0.2, 0.25) is 0 Å². The number of carbonyl (C=O) groups is 2. The first-order valence-corrected chi connectivity index (χ1v) is 9.17. The van der Waals surface area contributed by atoms with Gasteiger partial charge in [-0.15, -0.1) is 0 Å². The van der Waals surface area contributed by atoms with Crippen LogP contribution in [0.5, 0.6) is 0 Å². The Labute approximate surface area is 172 Å². The lowest BCUT2D eigenvalue weighted by Gasteiger charge is -2.11. The van der Waals surface area contributed by atoms with Crippen molar-refractivity contribution in [2.24, 2.45) is 5.73 Å². The fourth-order valence-electron chi connectivity index (χ4n) is 3.05. The highest BCUT2D eigenvalue weighted by Gasteiger charge is 2.19. The predicted molar refractivity (Wildman–Crippen MR) is 109 cm³/mol. The second-order valence-corrected chi connectivity index (χ2v) is 6.55. The van der Waals surface area contributed by atoms with Crippen LogP contribution in [0.3, 0.4) is 0 Å². The van der Waals surface area contributed by atoms with Crippen LogP contribution < -0.4 is 11.1 Å². The van der Waals surface area contributed by atoms with Gasteiger partial charge in [0.1, 0.15) is 17.2 Å². The van der Waals surface area contributed by atoms with Crippen molar-refractivity contribution in [2.45, 2.75) is 13.1 Å². The van der Waals surface area contributed by atoms with Crippen LogP contribution in [0.1, 0.15) is 31.8 Å². The molecule has 0 saturated heterocycles. The average molecular weight is 410 g/mol. The molecule has 3 aromatic carbocycles. The third kappa shape index (κ3) is 4.52. The van der Waals surface area contributed by atoms with E-state index < -0.39 is 17.6 Å². The number of nitrogens with two attached hydrogens (primary N) is 1. The zero-order valence-corrected chi connectivity index (χ0v) is 16.2. The first kappa shape index (κ1) is 21.1. The molecule has 0 radical (unpaired) electrons. The molecule has 3 rings (SSSR count). The fraction of sp³-hybridized carbons (Fsp3) is 0.130. The summed E-state index contributed by atoms with van der Waals surface area (Å²) in [6.07, 6.45) is 0. The van der Waals surface area contributed by atoms with Crippen LogP contribution in [-0.4, -0.2) is 19.0 Å². The topological polar surface area (TPSA) is 81.4 Å². The fourth-order valence-corrected chi connectivity index (χ4v) is 3.05. The maximum atomic E-state index is 14.6. The summed E-state index contributed by atoms with van der Waals surface area (Å²) in [5, 5.41) is 2.66. The molecule has 0 aliphatic heterocycles. The van der Waals surface area contributed by atoms with Gasteiger partial charge in [-0.05, 0) is 41.0 Å². The van der Waals surface area contributed by atoms with E-state index in [-0.39, 0.29) is 29.1 Å². The Balaban J connectivity index is 1.80. The first-order chi connectivity index (χ1) is 14.4. The highest BCUT2D eigenvalue weighted by Crippen LogP contribution is 2.28. The Morgan fingerprint density at radius 3 is 2.47 bits per heavy atom. The van der Waals surface area contributed by atoms with Crippen LogP contribution in [-0.2, 0) is 17.8 Å². The van der Waals surface area contributed by atoms with Crippen molar-refractivity contribution in [1.82, 2.24) is 5.32 Å². The van der Waals surface area contributed by atoms with Crippen LogP contribution in [0.4, 0.5) is 8.78 Å². The Kier molecular flexibility index (Phi) is 6.54. The smallest absolute Gasteiger partial charge is 0.341 e. The van der Waals surface area contributed by atoms with Crippen molar-refractivity contribution < 1.29 is 23.1 Å². The van der Waals surface area contributed by atoms with Gasteiger partial charge in [-0.2, -0.15) is 0 Å². The summed E-state index contributed by atoms with van der Waals surface area (Å²) < 4.78 is 33.4. The van der Waals surface area contributed by atoms with E-state index in [9.17, 15) is 18.4 Å². The van der Waals surface area contributed by atoms with E-state index in [0.717, 1.165) is 18.7 Å². The van der Waals surface area contributed by atoms with Crippen molar-refractivity contribution in [3.8, 4) is 11.1 Å². The van der Waals surface area contributed by atoms with Gasteiger partial charge in [0.05, 0.1) is 7.11 Å². The zero-order valence-electron chi connectivity index (χ0n) is 16.2. The van der Waals surface area contributed by atoms with E-state index in [2.05, 4.69) is 10.1 Å². The van der Waals surface area contributed by atoms with E-state index in [0.29, 0.717) is 17.7 Å². The summed E-state index contributed by atoms with van der Waals surface area (Å²) >= 11 is 0. The summed E-state index contributed by atoms with van der Waals surface area (Å²) in [5.41, 5.74) is 7.34. The van der Waals surface area contributed by atoms with Crippen molar-refractivity contribution in [2.75, 3.05) is 7.11 Å². The average Bonchev–Trinajstić information content (AvgIpc) is 2.77. The number of benzene rings is 3. The predicted octanol–water partition coefficient (Wildman–Crippen LogP) is 3.81. The molecule has 154 valence electrons. The van der Waals surface area contributed by atoms with Crippen LogP contribution in [0, 0.1) is 11.6 Å². The van der Waals surface area contributed by atoms with E-state index in [1.165, 1.54) is 24.3 Å². The van der Waals surface area contributed by atoms with Crippen molar-refractivity contribution in [1.29, 1.82) is 0 Å². The van der Waals surface area contributed by atoms with Gasteiger partial charge in [0.2, 0.25) is 0 Å². The van der Waals surface area contributed by atoms with Gasteiger partial charge in [-0.3, -0.25) is 4.79 Å². The third-order valence-corrected chi connectivity index (χ3v) is 4.63. The Morgan fingerprint density at radius 2 is 1.77 bits per heavy atom. The van der Waals surface area contributed by atoms with E-state index in [1.54, 1.807) is 24.3 Å². The number of hydrogen-bond acceptors (Lipinski definition) is 4. The number of hydrogen-bond donors (Lipinski definition) is 2. The summed E-state index contributed by atoms with van der Waals surface area (Å²) in [5.74, 6) is -2.55. The number of carbonyl (C=O) groups excluding carboxylic acids is 2. The number of methoxy groups -OCH3 is 1. The molecule has 0 saturated carbocycles. The minimum Gasteiger partial charge on any atom is -0.465 e. The standard InChI is InChI=1S/C23H20F2N2O3/c1-30-23(29)21-18(6-3-7-19(21)24)15-8-9-17(20(25)11-15)13-27-22(28)16-5-2-4-14(10-16)12-26/h2-11H,12-13,26H2,1H3,(H,27,28). The second kappa shape index (κ2) is 9.28. The number of esters is 1. The molecule has 5 nitrogen and oxygen atoms in total. The van der Waals surface area contributed by atoms with Gasteiger partial charge < -0.3 is 15.8 Å². The summed E-state index contributed by atoms with van der Waals surface area (Å²) in [4.78, 5) is 24.2. The second-order valence-electron chi connectivity index (χ2n) is 6.55. The van der Waals surface area contributed by atoms with E-state index in [4.69, 9.17) is 5.73 Å². The molecule has 0 fully saturated rings. The number of halogens is 2. The number of nitrogens with one attached hydrogen (secondary N) is 1. The van der Waals surface area contributed by atoms with Crippen molar-refractivity contribution in [3.05, 3.63) is 94.6 Å². The normalized spacial score (nSPS) is 10.5. The Morgan fingerprint density at radius 1 is 1.00 bits per heavy atom. The molecular weight excluding hydrogens is 390 g/mol. The number of rotatable bonds is 6. The van der Waals surface area contributed by atoms with Gasteiger partial charge in [-0.1, -0.05) is 36.4 Å². The molecule has 0 spiro atoms. The monoisotopic (exact) mass is 410 g/mol. The largest absolute Gasteiger partial charge is 0.465 e. The summed E-state index contributed by atoms with van der Waals surface area (Å²) in [7, 11) is 1.15. The molecule has 0 unspecified atom stereocenters.